The second-order valence-electron chi connectivity index (χ2n) is 5.47. The van der Waals surface area contributed by atoms with Crippen molar-refractivity contribution in [1.82, 2.24) is 9.88 Å². The number of nitrogens with zero attached hydrogens (tertiary/aromatic N) is 1. The third-order valence-corrected chi connectivity index (χ3v) is 3.29. The Labute approximate surface area is 117 Å². The van der Waals surface area contributed by atoms with Crippen LogP contribution in [0.3, 0.4) is 0 Å². The van der Waals surface area contributed by atoms with Crippen LogP contribution in [0.15, 0.2) is 16.9 Å². The van der Waals surface area contributed by atoms with Crippen LogP contribution in [0, 0.1) is 5.92 Å². The number of nitrogens with one attached hydrogen (secondary N) is 1. The van der Waals surface area contributed by atoms with Gasteiger partial charge in [0, 0.05) is 18.7 Å². The summed E-state index contributed by atoms with van der Waals surface area (Å²) in [6.07, 6.45) is 0.842. The molecule has 1 fully saturated rings. The second kappa shape index (κ2) is 6.09. The molecule has 6 heteroatoms. The van der Waals surface area contributed by atoms with Gasteiger partial charge in [-0.3, -0.25) is 9.59 Å². The summed E-state index contributed by atoms with van der Waals surface area (Å²) in [5, 5.41) is 9.44. The summed E-state index contributed by atoms with van der Waals surface area (Å²) in [6, 6.07) is 2.33. The van der Waals surface area contributed by atoms with Crippen molar-refractivity contribution in [2.24, 2.45) is 5.92 Å². The molecule has 2 rings (SSSR count). The molecule has 1 aromatic heterocycles. The highest BCUT2D eigenvalue weighted by Gasteiger charge is 2.29. The van der Waals surface area contributed by atoms with Gasteiger partial charge >= 0.3 is 0 Å². The number of H-pyrrole nitrogens is 1. The number of carbonyl (C=O) groups excluding carboxylic acids is 1. The fraction of sp³-hybridized carbons (Fsp3) is 0.571. The van der Waals surface area contributed by atoms with Crippen molar-refractivity contribution in [3.8, 4) is 5.75 Å². The number of aromatic hydroxyl groups is 1. The second-order valence-corrected chi connectivity index (χ2v) is 5.47. The summed E-state index contributed by atoms with van der Waals surface area (Å²) >= 11 is 0. The van der Waals surface area contributed by atoms with Crippen molar-refractivity contribution in [3.63, 3.8) is 0 Å². The van der Waals surface area contributed by atoms with E-state index in [1.807, 2.05) is 0 Å². The minimum atomic E-state index is -0.484. The highest BCUT2D eigenvalue weighted by molar-refractivity contribution is 5.92. The van der Waals surface area contributed by atoms with Crippen LogP contribution in [0.4, 0.5) is 0 Å². The van der Waals surface area contributed by atoms with Crippen molar-refractivity contribution >= 4 is 5.91 Å². The van der Waals surface area contributed by atoms with Crippen LogP contribution in [-0.2, 0) is 4.74 Å². The van der Waals surface area contributed by atoms with Gasteiger partial charge in [-0.05, 0) is 12.3 Å². The average Bonchev–Trinajstić information content (AvgIpc) is 2.36. The van der Waals surface area contributed by atoms with Crippen molar-refractivity contribution in [1.29, 1.82) is 0 Å². The lowest BCUT2D eigenvalue weighted by atomic mass is 10.0. The number of morpholine rings is 1. The standard InChI is InChI=1S/C14H20N2O4/c1-9(2)5-10-8-20-4-3-16(10)14(19)12-6-11(17)7-13(18)15-12/h6-7,9-10H,3-5,8H2,1-2H3,(H2,15,17,18). The van der Waals surface area contributed by atoms with Crippen molar-refractivity contribution in [3.05, 3.63) is 28.2 Å². The number of ether oxygens (including phenoxy) is 1. The van der Waals surface area contributed by atoms with Crippen LogP contribution in [0.1, 0.15) is 30.8 Å². The zero-order valence-corrected chi connectivity index (χ0v) is 11.8. The minimum Gasteiger partial charge on any atom is -0.508 e. The maximum absolute atomic E-state index is 12.5. The number of rotatable bonds is 3. The van der Waals surface area contributed by atoms with E-state index in [0.29, 0.717) is 25.7 Å². The summed E-state index contributed by atoms with van der Waals surface area (Å²) in [5.74, 6) is -0.0297. The van der Waals surface area contributed by atoms with Gasteiger partial charge in [-0.2, -0.15) is 0 Å². The number of aromatic nitrogens is 1. The lowest BCUT2D eigenvalue weighted by molar-refractivity contribution is -0.00779. The third kappa shape index (κ3) is 3.39. The first kappa shape index (κ1) is 14.6. The van der Waals surface area contributed by atoms with E-state index in [-0.39, 0.29) is 23.4 Å². The molecule has 1 amide bonds. The molecule has 0 bridgehead atoms. The fourth-order valence-electron chi connectivity index (χ4n) is 2.46. The van der Waals surface area contributed by atoms with Gasteiger partial charge in [-0.15, -0.1) is 0 Å². The average molecular weight is 280 g/mol. The molecular formula is C14H20N2O4. The Balaban J connectivity index is 2.22. The highest BCUT2D eigenvalue weighted by Crippen LogP contribution is 2.18. The zero-order valence-electron chi connectivity index (χ0n) is 11.8. The van der Waals surface area contributed by atoms with Gasteiger partial charge in [0.1, 0.15) is 11.4 Å². The molecule has 1 unspecified atom stereocenters. The van der Waals surface area contributed by atoms with Crippen LogP contribution in [0.2, 0.25) is 0 Å². The van der Waals surface area contributed by atoms with Gasteiger partial charge in [-0.1, -0.05) is 13.8 Å². The summed E-state index contributed by atoms with van der Waals surface area (Å²) in [4.78, 5) is 28.0. The molecule has 6 nitrogen and oxygen atoms in total. The molecule has 2 heterocycles. The van der Waals surface area contributed by atoms with E-state index in [4.69, 9.17) is 4.74 Å². The maximum atomic E-state index is 12.5. The lowest BCUT2D eigenvalue weighted by Gasteiger charge is -2.36. The van der Waals surface area contributed by atoms with Gasteiger partial charge in [0.25, 0.3) is 11.5 Å². The molecule has 1 saturated heterocycles. The molecule has 1 aromatic rings. The first-order valence-electron chi connectivity index (χ1n) is 6.79. The molecule has 0 radical (unpaired) electrons. The molecule has 0 aliphatic carbocycles. The van der Waals surface area contributed by atoms with E-state index in [1.54, 1.807) is 4.90 Å². The molecule has 0 saturated carbocycles. The molecule has 0 aromatic carbocycles. The van der Waals surface area contributed by atoms with Crippen LogP contribution in [0.5, 0.6) is 5.75 Å². The Morgan fingerprint density at radius 1 is 1.55 bits per heavy atom. The molecule has 1 aliphatic rings. The lowest BCUT2D eigenvalue weighted by Crippen LogP contribution is -2.49. The Morgan fingerprint density at radius 2 is 2.30 bits per heavy atom. The largest absolute Gasteiger partial charge is 0.508 e. The molecule has 1 atom stereocenters. The normalized spacial score (nSPS) is 19.4. The quantitative estimate of drug-likeness (QED) is 0.864. The Kier molecular flexibility index (Phi) is 4.44. The first-order valence-corrected chi connectivity index (χ1v) is 6.79. The Bertz CT molecular complexity index is 538. The number of pyridine rings is 1. The van der Waals surface area contributed by atoms with Crippen molar-refractivity contribution in [2.45, 2.75) is 26.3 Å². The minimum absolute atomic E-state index is 0.00195. The molecular weight excluding hydrogens is 260 g/mol. The van der Waals surface area contributed by atoms with Crippen molar-refractivity contribution < 1.29 is 14.6 Å². The van der Waals surface area contributed by atoms with E-state index in [0.717, 1.165) is 12.5 Å². The van der Waals surface area contributed by atoms with Crippen molar-refractivity contribution in [2.75, 3.05) is 19.8 Å². The fourth-order valence-corrected chi connectivity index (χ4v) is 2.46. The van der Waals surface area contributed by atoms with Gasteiger partial charge in [-0.25, -0.2) is 0 Å². The molecule has 2 N–H and O–H groups in total. The van der Waals surface area contributed by atoms with Gasteiger partial charge < -0.3 is 19.7 Å². The predicted octanol–water partition coefficient (Wildman–Crippen LogP) is 0.968. The Morgan fingerprint density at radius 3 is 2.95 bits per heavy atom. The van der Waals surface area contributed by atoms with Gasteiger partial charge in [0.15, 0.2) is 0 Å². The van der Waals surface area contributed by atoms with E-state index in [1.165, 1.54) is 6.07 Å². The molecule has 1 aliphatic heterocycles. The summed E-state index contributed by atoms with van der Waals surface area (Å²) in [7, 11) is 0. The van der Waals surface area contributed by atoms with E-state index in [2.05, 4.69) is 18.8 Å². The number of amides is 1. The third-order valence-electron chi connectivity index (χ3n) is 3.29. The summed E-state index contributed by atoms with van der Waals surface area (Å²) in [5.41, 5.74) is -0.368. The van der Waals surface area contributed by atoms with Crippen LogP contribution < -0.4 is 5.56 Å². The molecule has 20 heavy (non-hydrogen) atoms. The summed E-state index contributed by atoms with van der Waals surface area (Å²) in [6.45, 7) is 5.67. The van der Waals surface area contributed by atoms with E-state index in [9.17, 15) is 14.7 Å². The van der Waals surface area contributed by atoms with E-state index >= 15 is 0 Å². The van der Waals surface area contributed by atoms with E-state index < -0.39 is 5.56 Å². The topological polar surface area (TPSA) is 82.6 Å². The number of hydrogen-bond acceptors (Lipinski definition) is 4. The van der Waals surface area contributed by atoms with Crippen LogP contribution in [-0.4, -0.2) is 46.7 Å². The van der Waals surface area contributed by atoms with Gasteiger partial charge in [0.05, 0.1) is 19.3 Å². The number of hydrogen-bond donors (Lipinski definition) is 2. The smallest absolute Gasteiger partial charge is 0.270 e. The van der Waals surface area contributed by atoms with Crippen LogP contribution >= 0.6 is 0 Å². The highest BCUT2D eigenvalue weighted by atomic mass is 16.5. The monoisotopic (exact) mass is 280 g/mol. The molecule has 110 valence electrons. The van der Waals surface area contributed by atoms with Crippen LogP contribution in [0.25, 0.3) is 0 Å². The zero-order chi connectivity index (χ0) is 14.7. The van der Waals surface area contributed by atoms with Gasteiger partial charge in [0.2, 0.25) is 0 Å². The number of aromatic amines is 1. The molecule has 0 spiro atoms. The summed E-state index contributed by atoms with van der Waals surface area (Å²) < 4.78 is 5.43. The SMILES string of the molecule is CC(C)CC1COCCN1C(=O)c1cc(O)cc(=O)[nH]1. The predicted molar refractivity (Wildman–Crippen MR) is 73.8 cm³/mol. The Hall–Kier alpha value is -1.82. The number of carbonyl (C=O) groups is 1. The first-order chi connectivity index (χ1) is 9.47. The maximum Gasteiger partial charge on any atom is 0.270 e.